The second-order valence-corrected chi connectivity index (χ2v) is 3.85. The van der Waals surface area contributed by atoms with Crippen LogP contribution < -0.4 is 5.32 Å². The molecular weight excluding hydrogens is 259 g/mol. The summed E-state index contributed by atoms with van der Waals surface area (Å²) in [6.07, 6.45) is 2.94. The van der Waals surface area contributed by atoms with E-state index in [1.54, 1.807) is 24.4 Å². The Morgan fingerprint density at radius 3 is 2.90 bits per heavy atom. The lowest BCUT2D eigenvalue weighted by atomic mass is 10.2. The Hall–Kier alpha value is -2.71. The molecule has 20 heavy (non-hydrogen) atoms. The molecule has 0 saturated carbocycles. The number of carbonyl (C=O) groups excluding carboxylic acids is 1. The van der Waals surface area contributed by atoms with Crippen LogP contribution >= 0.6 is 0 Å². The summed E-state index contributed by atoms with van der Waals surface area (Å²) in [7, 11) is 0. The molecule has 2 N–H and O–H groups in total. The predicted molar refractivity (Wildman–Crippen MR) is 72.6 cm³/mol. The van der Waals surface area contributed by atoms with E-state index >= 15 is 0 Å². The predicted octanol–water partition coefficient (Wildman–Crippen LogP) is 1.82. The van der Waals surface area contributed by atoms with Gasteiger partial charge >= 0.3 is 0 Å². The van der Waals surface area contributed by atoms with E-state index in [2.05, 4.69) is 22.1 Å². The number of nitrogens with one attached hydrogen (secondary N) is 1. The monoisotopic (exact) mass is 270 g/mol. The molecule has 1 aromatic carbocycles. The number of hydrogen-bond acceptors (Lipinski definition) is 3. The maximum absolute atomic E-state index is 13.8. The maximum Gasteiger partial charge on any atom is 0.257 e. The number of anilines is 1. The van der Waals surface area contributed by atoms with Crippen LogP contribution in [0.25, 0.3) is 0 Å². The summed E-state index contributed by atoms with van der Waals surface area (Å²) >= 11 is 0. The summed E-state index contributed by atoms with van der Waals surface area (Å²) in [5.74, 6) is 3.98. The summed E-state index contributed by atoms with van der Waals surface area (Å²) in [4.78, 5) is 15.7. The van der Waals surface area contributed by atoms with Crippen molar-refractivity contribution in [2.75, 3.05) is 11.9 Å². The summed E-state index contributed by atoms with van der Waals surface area (Å²) < 4.78 is 13.8. The van der Waals surface area contributed by atoms with Gasteiger partial charge in [-0.25, -0.2) is 4.39 Å². The van der Waals surface area contributed by atoms with E-state index in [0.717, 1.165) is 0 Å². The number of aliphatic hydroxyl groups is 1. The second-order valence-electron chi connectivity index (χ2n) is 3.85. The molecule has 2 rings (SSSR count). The Balaban J connectivity index is 2.16. The molecule has 4 nitrogen and oxygen atoms in total. The SMILES string of the molecule is O=C(Nc1ccc(C#CCO)cc1F)c1cccnc1. The highest BCUT2D eigenvalue weighted by molar-refractivity contribution is 6.04. The number of rotatable bonds is 2. The van der Waals surface area contributed by atoms with Gasteiger partial charge in [0, 0.05) is 18.0 Å². The molecule has 0 spiro atoms. The average Bonchev–Trinajstić information content (AvgIpc) is 2.48. The van der Waals surface area contributed by atoms with Gasteiger partial charge in [-0.05, 0) is 30.3 Å². The molecule has 1 aromatic heterocycles. The molecule has 1 amide bonds. The lowest BCUT2D eigenvalue weighted by molar-refractivity contribution is 0.102. The lowest BCUT2D eigenvalue weighted by Gasteiger charge is -2.06. The summed E-state index contributed by atoms with van der Waals surface area (Å²) in [5, 5.41) is 11.0. The van der Waals surface area contributed by atoms with E-state index in [4.69, 9.17) is 5.11 Å². The normalized spacial score (nSPS) is 9.50. The Morgan fingerprint density at radius 1 is 1.40 bits per heavy atom. The fourth-order valence-corrected chi connectivity index (χ4v) is 1.53. The third-order valence-corrected chi connectivity index (χ3v) is 2.45. The molecule has 100 valence electrons. The first-order valence-corrected chi connectivity index (χ1v) is 5.81. The Morgan fingerprint density at radius 2 is 2.25 bits per heavy atom. The third-order valence-electron chi connectivity index (χ3n) is 2.45. The topological polar surface area (TPSA) is 62.2 Å². The number of carbonyl (C=O) groups is 1. The molecule has 0 aliphatic rings. The van der Waals surface area contributed by atoms with Crippen molar-refractivity contribution in [1.29, 1.82) is 0 Å². The number of benzene rings is 1. The van der Waals surface area contributed by atoms with E-state index in [9.17, 15) is 9.18 Å². The van der Waals surface area contributed by atoms with Gasteiger partial charge in [-0.1, -0.05) is 11.8 Å². The highest BCUT2D eigenvalue weighted by Crippen LogP contribution is 2.16. The van der Waals surface area contributed by atoms with Crippen LogP contribution in [0.1, 0.15) is 15.9 Å². The van der Waals surface area contributed by atoms with E-state index in [1.807, 2.05) is 0 Å². The second kappa shape index (κ2) is 6.45. The van der Waals surface area contributed by atoms with Crippen LogP contribution in [0.2, 0.25) is 0 Å². The fraction of sp³-hybridized carbons (Fsp3) is 0.0667. The average molecular weight is 270 g/mol. The zero-order valence-corrected chi connectivity index (χ0v) is 10.4. The van der Waals surface area contributed by atoms with Gasteiger partial charge < -0.3 is 10.4 Å². The zero-order chi connectivity index (χ0) is 14.4. The van der Waals surface area contributed by atoms with Crippen molar-refractivity contribution < 1.29 is 14.3 Å². The zero-order valence-electron chi connectivity index (χ0n) is 10.4. The van der Waals surface area contributed by atoms with Crippen LogP contribution in [-0.4, -0.2) is 22.6 Å². The molecule has 5 heteroatoms. The fourth-order valence-electron chi connectivity index (χ4n) is 1.53. The summed E-state index contributed by atoms with van der Waals surface area (Å²) in [6, 6.07) is 7.39. The molecule has 2 aromatic rings. The van der Waals surface area contributed by atoms with E-state index < -0.39 is 11.7 Å². The van der Waals surface area contributed by atoms with Crippen LogP contribution in [0.15, 0.2) is 42.7 Å². The van der Waals surface area contributed by atoms with Gasteiger partial charge in [-0.2, -0.15) is 0 Å². The van der Waals surface area contributed by atoms with E-state index in [1.165, 1.54) is 18.3 Å². The number of aromatic nitrogens is 1. The molecule has 0 unspecified atom stereocenters. The number of hydrogen-bond donors (Lipinski definition) is 2. The minimum atomic E-state index is -0.591. The molecule has 0 atom stereocenters. The van der Waals surface area contributed by atoms with Crippen molar-refractivity contribution in [3.05, 3.63) is 59.7 Å². The highest BCUT2D eigenvalue weighted by atomic mass is 19.1. The molecule has 0 aliphatic heterocycles. The molecule has 1 heterocycles. The van der Waals surface area contributed by atoms with Gasteiger partial charge in [-0.3, -0.25) is 9.78 Å². The van der Waals surface area contributed by atoms with Crippen LogP contribution in [0.3, 0.4) is 0 Å². The van der Waals surface area contributed by atoms with Gasteiger partial charge in [-0.15, -0.1) is 0 Å². The molecule has 0 radical (unpaired) electrons. The number of halogens is 1. The van der Waals surface area contributed by atoms with E-state index in [0.29, 0.717) is 11.1 Å². The molecular formula is C15H11FN2O2. The van der Waals surface area contributed by atoms with Crippen LogP contribution in [0.5, 0.6) is 0 Å². The van der Waals surface area contributed by atoms with E-state index in [-0.39, 0.29) is 12.3 Å². The van der Waals surface area contributed by atoms with Gasteiger partial charge in [0.15, 0.2) is 0 Å². The maximum atomic E-state index is 13.8. The Labute approximate surface area is 115 Å². The molecule has 0 saturated heterocycles. The first kappa shape index (κ1) is 13.7. The first-order valence-electron chi connectivity index (χ1n) is 5.81. The minimum Gasteiger partial charge on any atom is -0.384 e. The van der Waals surface area contributed by atoms with Crippen molar-refractivity contribution in [2.24, 2.45) is 0 Å². The highest BCUT2D eigenvalue weighted by Gasteiger charge is 2.09. The lowest BCUT2D eigenvalue weighted by Crippen LogP contribution is -2.13. The van der Waals surface area contributed by atoms with Gasteiger partial charge in [0.2, 0.25) is 0 Å². The van der Waals surface area contributed by atoms with Gasteiger partial charge in [0.25, 0.3) is 5.91 Å². The summed E-state index contributed by atoms with van der Waals surface area (Å²) in [6.45, 7) is -0.291. The van der Waals surface area contributed by atoms with Crippen molar-refractivity contribution in [3.8, 4) is 11.8 Å². The smallest absolute Gasteiger partial charge is 0.257 e. The molecule has 0 aliphatic carbocycles. The Bertz CT molecular complexity index is 675. The van der Waals surface area contributed by atoms with Gasteiger partial charge in [0.1, 0.15) is 12.4 Å². The van der Waals surface area contributed by atoms with Crippen molar-refractivity contribution >= 4 is 11.6 Å². The van der Waals surface area contributed by atoms with Crippen molar-refractivity contribution in [2.45, 2.75) is 0 Å². The molecule has 0 fully saturated rings. The third kappa shape index (κ3) is 3.40. The van der Waals surface area contributed by atoms with Crippen molar-refractivity contribution in [1.82, 2.24) is 4.98 Å². The number of amides is 1. The summed E-state index contributed by atoms with van der Waals surface area (Å²) in [5.41, 5.74) is 0.834. The van der Waals surface area contributed by atoms with Crippen molar-refractivity contribution in [3.63, 3.8) is 0 Å². The number of aliphatic hydroxyl groups excluding tert-OH is 1. The Kier molecular flexibility index (Phi) is 4.43. The van der Waals surface area contributed by atoms with Crippen LogP contribution in [0, 0.1) is 17.7 Å². The number of nitrogens with zero attached hydrogens (tertiary/aromatic N) is 1. The minimum absolute atomic E-state index is 0.0633. The first-order chi connectivity index (χ1) is 9.70. The number of pyridine rings is 1. The van der Waals surface area contributed by atoms with Crippen LogP contribution in [-0.2, 0) is 0 Å². The van der Waals surface area contributed by atoms with Crippen LogP contribution in [0.4, 0.5) is 10.1 Å². The molecule has 0 bridgehead atoms. The van der Waals surface area contributed by atoms with Gasteiger partial charge in [0.05, 0.1) is 11.3 Å². The largest absolute Gasteiger partial charge is 0.384 e. The standard InChI is InChI=1S/C15H11FN2O2/c16-13-9-11(3-2-8-19)5-6-14(13)18-15(20)12-4-1-7-17-10-12/h1,4-7,9-10,19H,8H2,(H,18,20). The quantitative estimate of drug-likeness (QED) is 0.818.